The minimum absolute atomic E-state index is 0.0515. The molecule has 4 nitrogen and oxygen atoms in total. The number of hydrogen-bond acceptors (Lipinski definition) is 3. The summed E-state index contributed by atoms with van der Waals surface area (Å²) in [5.41, 5.74) is 1.57. The van der Waals surface area contributed by atoms with E-state index >= 15 is 0 Å². The number of rotatable bonds is 10. The van der Waals surface area contributed by atoms with Crippen LogP contribution in [-0.4, -0.2) is 34.0 Å². The van der Waals surface area contributed by atoms with E-state index in [0.29, 0.717) is 30.2 Å². The van der Waals surface area contributed by atoms with Crippen molar-refractivity contribution in [3.05, 3.63) is 99.5 Å². The third kappa shape index (κ3) is 9.30. The molecule has 2 amide bonds. The molecule has 3 aromatic carbocycles. The average Bonchev–Trinajstić information content (AvgIpc) is 2.83. The maximum atomic E-state index is 13.7. The van der Waals surface area contributed by atoms with E-state index in [1.807, 2.05) is 99.6 Å². The summed E-state index contributed by atoms with van der Waals surface area (Å²) in [4.78, 5) is 30.0. The standard InChI is InChI=1S/C29H32BrClN2O2S/c1-29(2,3)32-28(35)26(19-21-7-5-4-6-8-21)33(20-22-9-11-23(30)12-10-22)27(34)17-18-36-25-15-13-24(31)14-16-25/h4-16,26H,17-20H2,1-3H3,(H,32,35)/t26-/m1/s1. The van der Waals surface area contributed by atoms with Crippen LogP contribution in [0.4, 0.5) is 0 Å². The van der Waals surface area contributed by atoms with E-state index in [2.05, 4.69) is 21.2 Å². The molecule has 3 rings (SSSR count). The topological polar surface area (TPSA) is 49.4 Å². The lowest BCUT2D eigenvalue weighted by molar-refractivity contribution is -0.141. The normalized spacial score (nSPS) is 12.1. The average molecular weight is 588 g/mol. The van der Waals surface area contributed by atoms with Crippen molar-refractivity contribution in [3.8, 4) is 0 Å². The van der Waals surface area contributed by atoms with E-state index in [-0.39, 0.29) is 11.8 Å². The highest BCUT2D eigenvalue weighted by Crippen LogP contribution is 2.23. The van der Waals surface area contributed by atoms with Crippen molar-refractivity contribution in [2.24, 2.45) is 0 Å². The summed E-state index contributed by atoms with van der Waals surface area (Å²) in [6, 6.07) is 24.7. The third-order valence-corrected chi connectivity index (χ3v) is 7.23. The fourth-order valence-corrected chi connectivity index (χ4v) is 4.96. The van der Waals surface area contributed by atoms with Crippen molar-refractivity contribution in [1.82, 2.24) is 10.2 Å². The molecule has 0 bridgehead atoms. The Kier molecular flexibility index (Phi) is 10.5. The van der Waals surface area contributed by atoms with Gasteiger partial charge in [0.1, 0.15) is 6.04 Å². The molecule has 3 aromatic rings. The number of benzene rings is 3. The Hall–Kier alpha value is -2.28. The predicted molar refractivity (Wildman–Crippen MR) is 153 cm³/mol. The van der Waals surface area contributed by atoms with E-state index in [9.17, 15) is 9.59 Å². The molecule has 1 atom stereocenters. The molecule has 0 aromatic heterocycles. The van der Waals surface area contributed by atoms with E-state index in [1.54, 1.807) is 16.7 Å². The number of nitrogens with zero attached hydrogens (tertiary/aromatic N) is 1. The molecule has 0 saturated heterocycles. The summed E-state index contributed by atoms with van der Waals surface area (Å²) in [7, 11) is 0. The maximum Gasteiger partial charge on any atom is 0.243 e. The van der Waals surface area contributed by atoms with Crippen LogP contribution in [0.5, 0.6) is 0 Å². The fraction of sp³-hybridized carbons (Fsp3) is 0.310. The van der Waals surface area contributed by atoms with E-state index < -0.39 is 11.6 Å². The Labute approximate surface area is 231 Å². The Balaban J connectivity index is 1.85. The van der Waals surface area contributed by atoms with Crippen LogP contribution in [0.25, 0.3) is 0 Å². The van der Waals surface area contributed by atoms with E-state index in [0.717, 1.165) is 20.5 Å². The second-order valence-corrected chi connectivity index (χ2v) is 12.2. The summed E-state index contributed by atoms with van der Waals surface area (Å²) in [6.45, 7) is 6.21. The van der Waals surface area contributed by atoms with Gasteiger partial charge in [0, 0.05) is 45.1 Å². The molecule has 0 heterocycles. The highest BCUT2D eigenvalue weighted by atomic mass is 79.9. The highest BCUT2D eigenvalue weighted by molar-refractivity contribution is 9.10. The first-order valence-corrected chi connectivity index (χ1v) is 14.0. The Morgan fingerprint density at radius 3 is 2.19 bits per heavy atom. The van der Waals surface area contributed by atoms with E-state index in [4.69, 9.17) is 11.6 Å². The first-order chi connectivity index (χ1) is 17.1. The molecule has 7 heteroatoms. The zero-order valence-electron chi connectivity index (χ0n) is 20.8. The number of hydrogen-bond donors (Lipinski definition) is 1. The van der Waals surface area contributed by atoms with Crippen LogP contribution in [0.2, 0.25) is 5.02 Å². The van der Waals surface area contributed by atoms with Crippen LogP contribution >= 0.6 is 39.3 Å². The first-order valence-electron chi connectivity index (χ1n) is 11.9. The molecule has 0 aliphatic heterocycles. The van der Waals surface area contributed by atoms with Gasteiger partial charge in [-0.25, -0.2) is 0 Å². The lowest BCUT2D eigenvalue weighted by Gasteiger charge is -2.34. The molecule has 1 N–H and O–H groups in total. The Morgan fingerprint density at radius 2 is 1.58 bits per heavy atom. The second-order valence-electron chi connectivity index (χ2n) is 9.65. The largest absolute Gasteiger partial charge is 0.350 e. The van der Waals surface area contributed by atoms with Crippen LogP contribution in [0.15, 0.2) is 88.2 Å². The number of thioether (sulfide) groups is 1. The number of halogens is 2. The zero-order chi connectivity index (χ0) is 26.1. The SMILES string of the molecule is CC(C)(C)NC(=O)[C@@H](Cc1ccccc1)N(Cc1ccc(Br)cc1)C(=O)CCSc1ccc(Cl)cc1. The van der Waals surface area contributed by atoms with Crippen LogP contribution in [0, 0.1) is 0 Å². The number of carbonyl (C=O) groups excluding carboxylic acids is 2. The fourth-order valence-electron chi connectivity index (χ4n) is 3.72. The summed E-state index contributed by atoms with van der Waals surface area (Å²) in [6.07, 6.45) is 0.757. The molecule has 0 aliphatic carbocycles. The van der Waals surface area contributed by atoms with E-state index in [1.165, 1.54) is 0 Å². The first kappa shape index (κ1) is 28.3. The molecule has 0 saturated carbocycles. The molecule has 0 unspecified atom stereocenters. The number of nitrogens with one attached hydrogen (secondary N) is 1. The monoisotopic (exact) mass is 586 g/mol. The molecule has 0 spiro atoms. The quantitative estimate of drug-likeness (QED) is 0.257. The van der Waals surface area contributed by atoms with Crippen LogP contribution in [0.1, 0.15) is 38.3 Å². The van der Waals surface area contributed by atoms with Crippen molar-refractivity contribution in [2.45, 2.75) is 56.6 Å². The van der Waals surface area contributed by atoms with Crippen LogP contribution in [-0.2, 0) is 22.6 Å². The van der Waals surface area contributed by atoms with Gasteiger partial charge >= 0.3 is 0 Å². The van der Waals surface area contributed by atoms with Gasteiger partial charge in [-0.3, -0.25) is 9.59 Å². The molecular weight excluding hydrogens is 556 g/mol. The van der Waals surface area contributed by atoms with Crippen molar-refractivity contribution in [1.29, 1.82) is 0 Å². The number of carbonyl (C=O) groups is 2. The summed E-state index contributed by atoms with van der Waals surface area (Å²) < 4.78 is 0.967. The molecule has 190 valence electrons. The van der Waals surface area contributed by atoms with Gasteiger partial charge in [-0.15, -0.1) is 11.8 Å². The van der Waals surface area contributed by atoms with Crippen LogP contribution in [0.3, 0.4) is 0 Å². The summed E-state index contributed by atoms with van der Waals surface area (Å²) in [5, 5.41) is 3.78. The van der Waals surface area contributed by atoms with Gasteiger partial charge in [0.15, 0.2) is 0 Å². The van der Waals surface area contributed by atoms with Crippen molar-refractivity contribution >= 4 is 51.1 Å². The number of amides is 2. The van der Waals surface area contributed by atoms with Crippen LogP contribution < -0.4 is 5.32 Å². The Bertz CT molecular complexity index is 1130. The molecular formula is C29H32BrClN2O2S. The smallest absolute Gasteiger partial charge is 0.243 e. The summed E-state index contributed by atoms with van der Waals surface area (Å²) >= 11 is 11.1. The molecule has 36 heavy (non-hydrogen) atoms. The minimum Gasteiger partial charge on any atom is -0.350 e. The lowest BCUT2D eigenvalue weighted by atomic mass is 10.0. The van der Waals surface area contributed by atoms with Gasteiger partial charge < -0.3 is 10.2 Å². The van der Waals surface area contributed by atoms with Gasteiger partial charge in [-0.2, -0.15) is 0 Å². The van der Waals surface area contributed by atoms with Gasteiger partial charge in [0.25, 0.3) is 0 Å². The van der Waals surface area contributed by atoms with Gasteiger partial charge in [0.2, 0.25) is 11.8 Å². The maximum absolute atomic E-state index is 13.7. The third-order valence-electron chi connectivity index (χ3n) is 5.43. The highest BCUT2D eigenvalue weighted by Gasteiger charge is 2.32. The summed E-state index contributed by atoms with van der Waals surface area (Å²) in [5.74, 6) is 0.405. The van der Waals surface area contributed by atoms with Crippen molar-refractivity contribution in [3.63, 3.8) is 0 Å². The van der Waals surface area contributed by atoms with Crippen molar-refractivity contribution < 1.29 is 9.59 Å². The lowest BCUT2D eigenvalue weighted by Crippen LogP contribution is -2.54. The van der Waals surface area contributed by atoms with Gasteiger partial charge in [-0.05, 0) is 68.3 Å². The second kappa shape index (κ2) is 13.3. The predicted octanol–water partition coefficient (Wildman–Crippen LogP) is 7.14. The van der Waals surface area contributed by atoms with Crippen molar-refractivity contribution in [2.75, 3.05) is 5.75 Å². The molecule has 0 fully saturated rings. The minimum atomic E-state index is -0.636. The van der Waals surface area contributed by atoms with Gasteiger partial charge in [-0.1, -0.05) is 70.0 Å². The Morgan fingerprint density at radius 1 is 0.944 bits per heavy atom. The molecule has 0 radical (unpaired) electrons. The molecule has 0 aliphatic rings. The van der Waals surface area contributed by atoms with Gasteiger partial charge in [0.05, 0.1) is 0 Å². The zero-order valence-corrected chi connectivity index (χ0v) is 24.0.